The minimum atomic E-state index is -0.0183. The number of aromatic nitrogens is 2. The molecule has 0 spiro atoms. The van der Waals surface area contributed by atoms with Gasteiger partial charge < -0.3 is 5.32 Å². The van der Waals surface area contributed by atoms with E-state index in [0.717, 1.165) is 23.0 Å². The van der Waals surface area contributed by atoms with Crippen LogP contribution in [0.2, 0.25) is 0 Å². The Morgan fingerprint density at radius 2 is 1.82 bits per heavy atom. The van der Waals surface area contributed by atoms with Gasteiger partial charge in [0.05, 0.1) is 17.4 Å². The summed E-state index contributed by atoms with van der Waals surface area (Å²) in [6, 6.07) is 8.16. The van der Waals surface area contributed by atoms with E-state index in [4.69, 9.17) is 0 Å². The van der Waals surface area contributed by atoms with E-state index >= 15 is 0 Å². The van der Waals surface area contributed by atoms with Gasteiger partial charge in [-0.2, -0.15) is 5.10 Å². The summed E-state index contributed by atoms with van der Waals surface area (Å²) in [4.78, 5) is 12.4. The van der Waals surface area contributed by atoms with E-state index in [-0.39, 0.29) is 5.91 Å². The van der Waals surface area contributed by atoms with Gasteiger partial charge in [-0.1, -0.05) is 41.6 Å². The standard InChI is InChI=1S/C17H20BrN3O/c18-14-7-9-16(10-8-14)21-12-13(11-19-21)17(22)20-15-5-3-1-2-4-6-15/h7-12,15H,1-6H2,(H,20,22). The van der Waals surface area contributed by atoms with Crippen LogP contribution in [0.15, 0.2) is 41.1 Å². The lowest BCUT2D eigenvalue weighted by atomic mass is 10.1. The molecule has 1 aliphatic carbocycles. The van der Waals surface area contributed by atoms with Gasteiger partial charge in [0.1, 0.15) is 0 Å². The molecule has 0 bridgehead atoms. The van der Waals surface area contributed by atoms with Crippen LogP contribution in [-0.4, -0.2) is 21.7 Å². The summed E-state index contributed by atoms with van der Waals surface area (Å²) in [7, 11) is 0. The number of amides is 1. The fourth-order valence-electron chi connectivity index (χ4n) is 2.87. The molecular weight excluding hydrogens is 342 g/mol. The number of hydrogen-bond donors (Lipinski definition) is 1. The Hall–Kier alpha value is -1.62. The average Bonchev–Trinajstić information content (AvgIpc) is 2.88. The largest absolute Gasteiger partial charge is 0.349 e. The molecule has 0 saturated heterocycles. The summed E-state index contributed by atoms with van der Waals surface area (Å²) >= 11 is 3.41. The van der Waals surface area contributed by atoms with Crippen molar-refractivity contribution >= 4 is 21.8 Å². The first kappa shape index (κ1) is 15.3. The third-order valence-corrected chi connectivity index (χ3v) is 4.66. The summed E-state index contributed by atoms with van der Waals surface area (Å²) in [5.74, 6) is -0.0183. The molecule has 116 valence electrons. The predicted octanol–water partition coefficient (Wildman–Crippen LogP) is 4.09. The molecule has 4 nitrogen and oxygen atoms in total. The fourth-order valence-corrected chi connectivity index (χ4v) is 3.13. The monoisotopic (exact) mass is 361 g/mol. The van der Waals surface area contributed by atoms with Gasteiger partial charge in [-0.05, 0) is 37.1 Å². The number of halogens is 1. The van der Waals surface area contributed by atoms with Crippen molar-refractivity contribution in [3.05, 3.63) is 46.7 Å². The van der Waals surface area contributed by atoms with Crippen molar-refractivity contribution in [2.24, 2.45) is 0 Å². The molecule has 1 saturated carbocycles. The van der Waals surface area contributed by atoms with E-state index in [0.29, 0.717) is 11.6 Å². The molecule has 1 aromatic carbocycles. The van der Waals surface area contributed by atoms with Gasteiger partial charge in [0.25, 0.3) is 5.91 Å². The minimum absolute atomic E-state index is 0.0183. The Morgan fingerprint density at radius 3 is 2.50 bits per heavy atom. The predicted molar refractivity (Wildman–Crippen MR) is 90.2 cm³/mol. The Bertz CT molecular complexity index is 628. The van der Waals surface area contributed by atoms with Gasteiger partial charge in [-0.15, -0.1) is 0 Å². The van der Waals surface area contributed by atoms with Crippen LogP contribution in [-0.2, 0) is 0 Å². The summed E-state index contributed by atoms with van der Waals surface area (Å²) in [6.45, 7) is 0. The number of hydrogen-bond acceptors (Lipinski definition) is 2. The van der Waals surface area contributed by atoms with Crippen LogP contribution in [0.5, 0.6) is 0 Å². The zero-order valence-corrected chi connectivity index (χ0v) is 14.1. The molecule has 1 aromatic heterocycles. The molecule has 1 amide bonds. The van der Waals surface area contributed by atoms with Crippen molar-refractivity contribution in [1.29, 1.82) is 0 Å². The maximum absolute atomic E-state index is 12.4. The van der Waals surface area contributed by atoms with Gasteiger partial charge >= 0.3 is 0 Å². The lowest BCUT2D eigenvalue weighted by Gasteiger charge is -2.15. The zero-order valence-electron chi connectivity index (χ0n) is 12.5. The molecule has 0 atom stereocenters. The zero-order chi connectivity index (χ0) is 15.4. The van der Waals surface area contributed by atoms with Crippen LogP contribution >= 0.6 is 15.9 Å². The summed E-state index contributed by atoms with van der Waals surface area (Å²) in [6.07, 6.45) is 10.6. The highest BCUT2D eigenvalue weighted by Crippen LogP contribution is 2.18. The maximum atomic E-state index is 12.4. The molecule has 0 unspecified atom stereocenters. The highest BCUT2D eigenvalue weighted by Gasteiger charge is 2.17. The second kappa shape index (κ2) is 7.09. The smallest absolute Gasteiger partial charge is 0.254 e. The number of nitrogens with one attached hydrogen (secondary N) is 1. The van der Waals surface area contributed by atoms with Crippen molar-refractivity contribution in [2.45, 2.75) is 44.6 Å². The number of nitrogens with zero attached hydrogens (tertiary/aromatic N) is 2. The second-order valence-corrected chi connectivity index (χ2v) is 6.73. The van der Waals surface area contributed by atoms with Crippen molar-refractivity contribution in [2.75, 3.05) is 0 Å². The normalized spacial score (nSPS) is 16.2. The summed E-state index contributed by atoms with van der Waals surface area (Å²) in [5, 5.41) is 7.44. The van der Waals surface area contributed by atoms with E-state index in [1.165, 1.54) is 25.7 Å². The number of benzene rings is 1. The molecule has 2 aromatic rings. The summed E-state index contributed by atoms with van der Waals surface area (Å²) in [5.41, 5.74) is 1.56. The van der Waals surface area contributed by atoms with Crippen molar-refractivity contribution < 1.29 is 4.79 Å². The lowest BCUT2D eigenvalue weighted by Crippen LogP contribution is -2.34. The van der Waals surface area contributed by atoms with E-state index in [2.05, 4.69) is 26.3 Å². The first-order valence-corrected chi connectivity index (χ1v) is 8.63. The van der Waals surface area contributed by atoms with E-state index < -0.39 is 0 Å². The lowest BCUT2D eigenvalue weighted by molar-refractivity contribution is 0.0933. The van der Waals surface area contributed by atoms with E-state index in [1.54, 1.807) is 17.1 Å². The van der Waals surface area contributed by atoms with Gasteiger partial charge in [0.2, 0.25) is 0 Å². The maximum Gasteiger partial charge on any atom is 0.254 e. The third-order valence-electron chi connectivity index (χ3n) is 4.13. The van der Waals surface area contributed by atoms with Gasteiger partial charge in [0.15, 0.2) is 0 Å². The van der Waals surface area contributed by atoms with E-state index in [9.17, 15) is 4.79 Å². The number of carbonyl (C=O) groups excluding carboxylic acids is 1. The SMILES string of the molecule is O=C(NC1CCCCCC1)c1cnn(-c2ccc(Br)cc2)c1. The minimum Gasteiger partial charge on any atom is -0.349 e. The van der Waals surface area contributed by atoms with Crippen LogP contribution in [0, 0.1) is 0 Å². The molecule has 1 fully saturated rings. The molecule has 1 heterocycles. The second-order valence-electron chi connectivity index (χ2n) is 5.81. The van der Waals surface area contributed by atoms with Crippen molar-refractivity contribution in [3.63, 3.8) is 0 Å². The molecule has 0 aliphatic heterocycles. The van der Waals surface area contributed by atoms with Crippen LogP contribution in [0.25, 0.3) is 5.69 Å². The van der Waals surface area contributed by atoms with Gasteiger partial charge in [0, 0.05) is 16.7 Å². The average molecular weight is 362 g/mol. The summed E-state index contributed by atoms with van der Waals surface area (Å²) < 4.78 is 2.75. The van der Waals surface area contributed by atoms with Crippen molar-refractivity contribution in [3.8, 4) is 5.69 Å². The third kappa shape index (κ3) is 3.77. The molecule has 0 radical (unpaired) electrons. The highest BCUT2D eigenvalue weighted by atomic mass is 79.9. The van der Waals surface area contributed by atoms with Gasteiger partial charge in [-0.25, -0.2) is 4.68 Å². The Morgan fingerprint density at radius 1 is 1.14 bits per heavy atom. The molecule has 22 heavy (non-hydrogen) atoms. The van der Waals surface area contributed by atoms with Crippen molar-refractivity contribution in [1.82, 2.24) is 15.1 Å². The highest BCUT2D eigenvalue weighted by molar-refractivity contribution is 9.10. The van der Waals surface area contributed by atoms with E-state index in [1.807, 2.05) is 24.3 Å². The Balaban J connectivity index is 1.67. The molecule has 1 N–H and O–H groups in total. The first-order valence-electron chi connectivity index (χ1n) is 7.84. The number of carbonyl (C=O) groups is 1. The van der Waals surface area contributed by atoms with Crippen LogP contribution in [0.4, 0.5) is 0 Å². The first-order chi connectivity index (χ1) is 10.7. The fraction of sp³-hybridized carbons (Fsp3) is 0.412. The van der Waals surface area contributed by atoms with Gasteiger partial charge in [-0.3, -0.25) is 4.79 Å². The molecule has 5 heteroatoms. The quantitative estimate of drug-likeness (QED) is 0.836. The molecule has 1 aliphatic rings. The van der Waals surface area contributed by atoms with Crippen LogP contribution < -0.4 is 5.32 Å². The van der Waals surface area contributed by atoms with Crippen LogP contribution in [0.1, 0.15) is 48.9 Å². The molecule has 3 rings (SSSR count). The Kier molecular flexibility index (Phi) is 4.93. The number of rotatable bonds is 3. The topological polar surface area (TPSA) is 46.9 Å². The Labute approximate surface area is 139 Å². The van der Waals surface area contributed by atoms with Crippen LogP contribution in [0.3, 0.4) is 0 Å². The molecular formula is C17H20BrN3O.